The van der Waals surface area contributed by atoms with Crippen molar-refractivity contribution in [1.29, 1.82) is 0 Å². The summed E-state index contributed by atoms with van der Waals surface area (Å²) in [7, 11) is -1.86. The molecule has 28 heavy (non-hydrogen) atoms. The molecule has 0 saturated carbocycles. The summed E-state index contributed by atoms with van der Waals surface area (Å²) in [4.78, 5) is 16.2. The van der Waals surface area contributed by atoms with E-state index in [9.17, 15) is 17.6 Å². The average Bonchev–Trinajstić information content (AvgIpc) is 2.70. The molecule has 0 unspecified atom stereocenters. The van der Waals surface area contributed by atoms with Crippen LogP contribution in [0.15, 0.2) is 59.5 Å². The summed E-state index contributed by atoms with van der Waals surface area (Å²) >= 11 is 0. The number of rotatable bonds is 6. The van der Waals surface area contributed by atoms with Crippen LogP contribution in [-0.2, 0) is 21.4 Å². The van der Waals surface area contributed by atoms with Gasteiger partial charge < -0.3 is 4.90 Å². The molecule has 150 valence electrons. The first-order valence-corrected chi connectivity index (χ1v) is 10.6. The Balaban J connectivity index is 1.52. The Morgan fingerprint density at radius 1 is 1.00 bits per heavy atom. The molecule has 1 heterocycles. The maximum absolute atomic E-state index is 13.8. The van der Waals surface area contributed by atoms with E-state index in [0.29, 0.717) is 31.7 Å². The van der Waals surface area contributed by atoms with E-state index in [2.05, 4.69) is 0 Å². The van der Waals surface area contributed by atoms with Crippen molar-refractivity contribution in [3.8, 4) is 0 Å². The minimum Gasteiger partial charge on any atom is -0.340 e. The van der Waals surface area contributed by atoms with Gasteiger partial charge in [0.05, 0.1) is 11.4 Å². The summed E-state index contributed by atoms with van der Waals surface area (Å²) in [6.07, 6.45) is 0. The van der Waals surface area contributed by atoms with E-state index in [0.717, 1.165) is 0 Å². The van der Waals surface area contributed by atoms with Gasteiger partial charge in [0, 0.05) is 45.3 Å². The van der Waals surface area contributed by atoms with Crippen molar-refractivity contribution < 1.29 is 17.6 Å². The van der Waals surface area contributed by atoms with Crippen LogP contribution in [0.5, 0.6) is 0 Å². The Hall–Kier alpha value is -2.29. The lowest BCUT2D eigenvalue weighted by Gasteiger charge is -2.34. The third-order valence-electron chi connectivity index (χ3n) is 4.86. The summed E-state index contributed by atoms with van der Waals surface area (Å²) in [6, 6.07) is 14.7. The predicted octanol–water partition coefficient (Wildman–Crippen LogP) is 1.79. The molecule has 0 aliphatic carbocycles. The molecule has 2 aromatic carbocycles. The Labute approximate surface area is 165 Å². The van der Waals surface area contributed by atoms with Crippen molar-refractivity contribution in [2.24, 2.45) is 0 Å². The number of hydrogen-bond donors (Lipinski definition) is 0. The molecule has 3 rings (SSSR count). The zero-order chi connectivity index (χ0) is 20.1. The molecule has 8 heteroatoms. The zero-order valence-corrected chi connectivity index (χ0v) is 16.6. The first kappa shape index (κ1) is 20.4. The average molecular weight is 405 g/mol. The Kier molecular flexibility index (Phi) is 6.43. The quantitative estimate of drug-likeness (QED) is 0.735. The molecule has 1 aliphatic rings. The number of amides is 1. The maximum atomic E-state index is 13.8. The standard InChI is InChI=1S/C20H24FN3O3S/c1-22(15-17-7-5-6-10-19(17)21)20(25)16-23-11-13-24(14-12-23)28(26,27)18-8-3-2-4-9-18/h2-10H,11-16H2,1H3. The molecule has 2 aromatic rings. The molecular formula is C20H24FN3O3S. The number of halogens is 1. The fourth-order valence-corrected chi connectivity index (χ4v) is 4.60. The predicted molar refractivity (Wildman–Crippen MR) is 105 cm³/mol. The van der Waals surface area contributed by atoms with Crippen LogP contribution in [0, 0.1) is 5.82 Å². The van der Waals surface area contributed by atoms with E-state index < -0.39 is 10.0 Å². The summed E-state index contributed by atoms with van der Waals surface area (Å²) in [5.74, 6) is -0.454. The first-order chi connectivity index (χ1) is 13.4. The van der Waals surface area contributed by atoms with Gasteiger partial charge in [0.25, 0.3) is 0 Å². The minimum atomic E-state index is -3.51. The summed E-state index contributed by atoms with van der Waals surface area (Å²) in [6.45, 7) is 2.01. The van der Waals surface area contributed by atoms with E-state index >= 15 is 0 Å². The van der Waals surface area contributed by atoms with Crippen LogP contribution in [-0.4, -0.2) is 68.2 Å². The van der Waals surface area contributed by atoms with Gasteiger partial charge in [-0.3, -0.25) is 9.69 Å². The minimum absolute atomic E-state index is 0.123. The topological polar surface area (TPSA) is 60.9 Å². The van der Waals surface area contributed by atoms with Gasteiger partial charge >= 0.3 is 0 Å². The van der Waals surface area contributed by atoms with Crippen molar-refractivity contribution >= 4 is 15.9 Å². The summed E-state index contributed by atoms with van der Waals surface area (Å²) in [5, 5.41) is 0. The highest BCUT2D eigenvalue weighted by molar-refractivity contribution is 7.89. The van der Waals surface area contributed by atoms with Gasteiger partial charge in [-0.25, -0.2) is 12.8 Å². The molecule has 1 aliphatic heterocycles. The van der Waals surface area contributed by atoms with E-state index in [4.69, 9.17) is 0 Å². The fraction of sp³-hybridized carbons (Fsp3) is 0.350. The van der Waals surface area contributed by atoms with E-state index in [1.54, 1.807) is 55.6 Å². The molecular weight excluding hydrogens is 381 g/mol. The number of carbonyl (C=O) groups excluding carboxylic acids is 1. The molecule has 0 aromatic heterocycles. The molecule has 6 nitrogen and oxygen atoms in total. The Morgan fingerprint density at radius 3 is 2.25 bits per heavy atom. The number of benzene rings is 2. The lowest BCUT2D eigenvalue weighted by molar-refractivity contribution is -0.131. The van der Waals surface area contributed by atoms with E-state index in [-0.39, 0.29) is 29.7 Å². The Morgan fingerprint density at radius 2 is 1.61 bits per heavy atom. The second-order valence-electron chi connectivity index (χ2n) is 6.83. The van der Waals surface area contributed by atoms with Crippen molar-refractivity contribution in [3.05, 3.63) is 66.0 Å². The third kappa shape index (κ3) is 4.76. The molecule has 1 saturated heterocycles. The molecule has 0 spiro atoms. The molecule has 0 N–H and O–H groups in total. The maximum Gasteiger partial charge on any atom is 0.243 e. The van der Waals surface area contributed by atoms with Crippen LogP contribution in [0.25, 0.3) is 0 Å². The molecule has 1 amide bonds. The third-order valence-corrected chi connectivity index (χ3v) is 6.78. The molecule has 0 bridgehead atoms. The van der Waals surface area contributed by atoms with E-state index in [1.807, 2.05) is 4.90 Å². The van der Waals surface area contributed by atoms with Gasteiger partial charge in [0.2, 0.25) is 15.9 Å². The van der Waals surface area contributed by atoms with Crippen LogP contribution >= 0.6 is 0 Å². The van der Waals surface area contributed by atoms with Gasteiger partial charge in [0.15, 0.2) is 0 Å². The molecule has 0 radical (unpaired) electrons. The van der Waals surface area contributed by atoms with Gasteiger partial charge in [-0.1, -0.05) is 36.4 Å². The first-order valence-electron chi connectivity index (χ1n) is 9.13. The number of carbonyl (C=O) groups is 1. The van der Waals surface area contributed by atoms with Crippen molar-refractivity contribution in [2.45, 2.75) is 11.4 Å². The fourth-order valence-electron chi connectivity index (χ4n) is 3.15. The van der Waals surface area contributed by atoms with Crippen LogP contribution in [0.4, 0.5) is 4.39 Å². The monoisotopic (exact) mass is 405 g/mol. The number of piperazine rings is 1. The molecule has 1 fully saturated rings. The van der Waals surface area contributed by atoms with Gasteiger partial charge in [-0.15, -0.1) is 0 Å². The van der Waals surface area contributed by atoms with Gasteiger partial charge in [-0.05, 0) is 18.2 Å². The summed E-state index contributed by atoms with van der Waals surface area (Å²) in [5.41, 5.74) is 0.470. The second-order valence-corrected chi connectivity index (χ2v) is 8.77. The number of hydrogen-bond acceptors (Lipinski definition) is 4. The van der Waals surface area contributed by atoms with Crippen molar-refractivity contribution in [1.82, 2.24) is 14.1 Å². The SMILES string of the molecule is CN(Cc1ccccc1F)C(=O)CN1CCN(S(=O)(=O)c2ccccc2)CC1. The number of nitrogens with zero attached hydrogens (tertiary/aromatic N) is 3. The van der Waals surface area contributed by atoms with Crippen LogP contribution in [0.3, 0.4) is 0 Å². The normalized spacial score (nSPS) is 16.1. The number of sulfonamides is 1. The smallest absolute Gasteiger partial charge is 0.243 e. The highest BCUT2D eigenvalue weighted by Crippen LogP contribution is 2.17. The highest BCUT2D eigenvalue weighted by Gasteiger charge is 2.29. The van der Waals surface area contributed by atoms with Crippen molar-refractivity contribution in [3.63, 3.8) is 0 Å². The largest absolute Gasteiger partial charge is 0.340 e. The van der Waals surface area contributed by atoms with Crippen LogP contribution < -0.4 is 0 Å². The van der Waals surface area contributed by atoms with Crippen LogP contribution in [0.1, 0.15) is 5.56 Å². The lowest BCUT2D eigenvalue weighted by Crippen LogP contribution is -2.51. The highest BCUT2D eigenvalue weighted by atomic mass is 32.2. The summed E-state index contributed by atoms with van der Waals surface area (Å²) < 4.78 is 40.5. The Bertz CT molecular complexity index is 913. The van der Waals surface area contributed by atoms with Crippen molar-refractivity contribution in [2.75, 3.05) is 39.8 Å². The zero-order valence-electron chi connectivity index (χ0n) is 15.8. The molecule has 0 atom stereocenters. The second kappa shape index (κ2) is 8.81. The van der Waals surface area contributed by atoms with Gasteiger partial charge in [0.1, 0.15) is 5.82 Å². The lowest BCUT2D eigenvalue weighted by atomic mass is 10.2. The van der Waals surface area contributed by atoms with Gasteiger partial charge in [-0.2, -0.15) is 4.31 Å². The number of likely N-dealkylation sites (N-methyl/N-ethyl adjacent to an activating group) is 1. The van der Waals surface area contributed by atoms with E-state index in [1.165, 1.54) is 15.3 Å². The van der Waals surface area contributed by atoms with Crippen LogP contribution in [0.2, 0.25) is 0 Å².